The third-order valence-corrected chi connectivity index (χ3v) is 5.30. The van der Waals surface area contributed by atoms with Crippen molar-refractivity contribution in [1.29, 1.82) is 0 Å². The predicted octanol–water partition coefficient (Wildman–Crippen LogP) is 2.83. The van der Waals surface area contributed by atoms with Crippen LogP contribution < -0.4 is 9.47 Å². The third-order valence-electron chi connectivity index (χ3n) is 3.57. The summed E-state index contributed by atoms with van der Waals surface area (Å²) >= 11 is 0. The van der Waals surface area contributed by atoms with Gasteiger partial charge in [-0.3, -0.25) is 0 Å². The topological polar surface area (TPSA) is 52.6 Å². The van der Waals surface area contributed by atoms with Gasteiger partial charge in [-0.05, 0) is 36.2 Å². The highest BCUT2D eigenvalue weighted by atomic mass is 32.2. The van der Waals surface area contributed by atoms with Crippen LogP contribution in [0.5, 0.6) is 11.5 Å². The van der Waals surface area contributed by atoms with Gasteiger partial charge >= 0.3 is 0 Å². The van der Waals surface area contributed by atoms with Crippen LogP contribution in [0.15, 0.2) is 54.6 Å². The molecule has 1 saturated heterocycles. The first-order valence-corrected chi connectivity index (χ1v) is 9.07. The van der Waals surface area contributed by atoms with E-state index < -0.39 is 9.84 Å². The molecule has 3 rings (SSSR count). The molecule has 5 heteroatoms. The average molecular weight is 318 g/mol. The maximum Gasteiger partial charge on any atom is 0.154 e. The van der Waals surface area contributed by atoms with E-state index in [9.17, 15) is 8.42 Å². The zero-order valence-electron chi connectivity index (χ0n) is 12.1. The van der Waals surface area contributed by atoms with E-state index in [1.807, 2.05) is 54.6 Å². The van der Waals surface area contributed by atoms with Crippen LogP contribution in [0.1, 0.15) is 12.0 Å². The molecule has 1 fully saturated rings. The molecule has 0 N–H and O–H groups in total. The minimum Gasteiger partial charge on any atom is -0.489 e. The zero-order valence-corrected chi connectivity index (χ0v) is 13.0. The molecule has 1 heterocycles. The van der Waals surface area contributed by atoms with Crippen LogP contribution in [0.4, 0.5) is 0 Å². The minimum absolute atomic E-state index is 0.110. The Hall–Kier alpha value is -2.01. The summed E-state index contributed by atoms with van der Waals surface area (Å²) in [5, 5.41) is 0. The lowest BCUT2D eigenvalue weighted by Crippen LogP contribution is -2.17. The fourth-order valence-electron chi connectivity index (χ4n) is 2.40. The summed E-state index contributed by atoms with van der Waals surface area (Å²) < 4.78 is 34.2. The molecular formula is C17H18O4S. The smallest absolute Gasteiger partial charge is 0.154 e. The summed E-state index contributed by atoms with van der Waals surface area (Å²) in [5.74, 6) is 1.76. The summed E-state index contributed by atoms with van der Waals surface area (Å²) in [7, 11) is -2.91. The van der Waals surface area contributed by atoms with E-state index in [1.165, 1.54) is 0 Å². The van der Waals surface area contributed by atoms with Crippen molar-refractivity contribution in [2.45, 2.75) is 19.1 Å². The minimum atomic E-state index is -2.91. The predicted molar refractivity (Wildman–Crippen MR) is 84.9 cm³/mol. The Morgan fingerprint density at radius 1 is 0.955 bits per heavy atom. The lowest BCUT2D eigenvalue weighted by Gasteiger charge is -2.12. The highest BCUT2D eigenvalue weighted by Crippen LogP contribution is 2.23. The van der Waals surface area contributed by atoms with Crippen molar-refractivity contribution >= 4 is 9.84 Å². The van der Waals surface area contributed by atoms with Gasteiger partial charge in [-0.25, -0.2) is 8.42 Å². The van der Waals surface area contributed by atoms with Gasteiger partial charge in [-0.15, -0.1) is 0 Å². The van der Waals surface area contributed by atoms with Gasteiger partial charge in [0.1, 0.15) is 24.2 Å². The van der Waals surface area contributed by atoms with Crippen LogP contribution >= 0.6 is 0 Å². The molecule has 0 unspecified atom stereocenters. The maximum absolute atomic E-state index is 11.4. The molecule has 4 nitrogen and oxygen atoms in total. The summed E-state index contributed by atoms with van der Waals surface area (Å²) in [6, 6.07) is 17.2. The SMILES string of the molecule is O=S1(=O)CC[C@H](Oc2ccc(OCc3ccccc3)cc2)C1. The Morgan fingerprint density at radius 2 is 1.64 bits per heavy atom. The van der Waals surface area contributed by atoms with Crippen molar-refractivity contribution in [2.24, 2.45) is 0 Å². The molecule has 0 spiro atoms. The molecule has 1 atom stereocenters. The normalized spacial score (nSPS) is 19.7. The Labute approximate surface area is 130 Å². The standard InChI is InChI=1S/C17H18O4S/c18-22(19)11-10-17(13-22)21-16-8-6-15(7-9-16)20-12-14-4-2-1-3-5-14/h1-9,17H,10-13H2/t17-/m0/s1. The first-order valence-electron chi connectivity index (χ1n) is 7.25. The van der Waals surface area contributed by atoms with E-state index in [-0.39, 0.29) is 17.6 Å². The zero-order chi connectivity index (χ0) is 15.4. The van der Waals surface area contributed by atoms with Gasteiger partial charge in [-0.1, -0.05) is 30.3 Å². The molecular weight excluding hydrogens is 300 g/mol. The molecule has 0 amide bonds. The number of hydrogen-bond donors (Lipinski definition) is 0. The fraction of sp³-hybridized carbons (Fsp3) is 0.294. The van der Waals surface area contributed by atoms with E-state index in [1.54, 1.807) is 0 Å². The van der Waals surface area contributed by atoms with Gasteiger partial charge in [0.15, 0.2) is 9.84 Å². The van der Waals surface area contributed by atoms with E-state index >= 15 is 0 Å². The summed E-state index contributed by atoms with van der Waals surface area (Å²) in [5.41, 5.74) is 1.11. The van der Waals surface area contributed by atoms with Crippen molar-refractivity contribution in [3.8, 4) is 11.5 Å². The highest BCUT2D eigenvalue weighted by Gasteiger charge is 2.29. The van der Waals surface area contributed by atoms with E-state index in [4.69, 9.17) is 9.47 Å². The molecule has 116 valence electrons. The molecule has 2 aromatic carbocycles. The number of benzene rings is 2. The summed E-state index contributed by atoms with van der Waals surface area (Å²) in [6.45, 7) is 0.516. The molecule has 0 saturated carbocycles. The lowest BCUT2D eigenvalue weighted by molar-refractivity contribution is 0.228. The lowest BCUT2D eigenvalue weighted by atomic mass is 10.2. The van der Waals surface area contributed by atoms with Crippen LogP contribution in [-0.4, -0.2) is 26.0 Å². The van der Waals surface area contributed by atoms with Crippen LogP contribution in [0.2, 0.25) is 0 Å². The van der Waals surface area contributed by atoms with Crippen molar-refractivity contribution in [3.05, 3.63) is 60.2 Å². The molecule has 0 radical (unpaired) electrons. The number of ether oxygens (including phenoxy) is 2. The Kier molecular flexibility index (Phi) is 4.34. The van der Waals surface area contributed by atoms with Gasteiger partial charge in [0, 0.05) is 0 Å². The Balaban J connectivity index is 1.54. The first-order chi connectivity index (χ1) is 10.6. The van der Waals surface area contributed by atoms with Crippen LogP contribution in [-0.2, 0) is 16.4 Å². The third kappa shape index (κ3) is 4.01. The molecule has 1 aliphatic rings. The van der Waals surface area contributed by atoms with Gasteiger partial charge in [0.25, 0.3) is 0 Å². The maximum atomic E-state index is 11.4. The van der Waals surface area contributed by atoms with Gasteiger partial charge in [0.2, 0.25) is 0 Å². The molecule has 2 aromatic rings. The van der Waals surface area contributed by atoms with E-state index in [2.05, 4.69) is 0 Å². The second-order valence-corrected chi connectivity index (χ2v) is 7.62. The van der Waals surface area contributed by atoms with Crippen LogP contribution in [0.25, 0.3) is 0 Å². The van der Waals surface area contributed by atoms with Crippen molar-refractivity contribution < 1.29 is 17.9 Å². The monoisotopic (exact) mass is 318 g/mol. The number of hydrogen-bond acceptors (Lipinski definition) is 4. The second-order valence-electron chi connectivity index (χ2n) is 5.39. The molecule has 0 bridgehead atoms. The summed E-state index contributed by atoms with van der Waals surface area (Å²) in [4.78, 5) is 0. The van der Waals surface area contributed by atoms with Crippen LogP contribution in [0, 0.1) is 0 Å². The Morgan fingerprint density at radius 3 is 2.27 bits per heavy atom. The average Bonchev–Trinajstić information content (AvgIpc) is 2.86. The molecule has 1 aliphatic heterocycles. The number of rotatable bonds is 5. The van der Waals surface area contributed by atoms with Crippen molar-refractivity contribution in [3.63, 3.8) is 0 Å². The first kappa shape index (κ1) is 14.9. The van der Waals surface area contributed by atoms with Gasteiger partial charge in [0.05, 0.1) is 11.5 Å². The van der Waals surface area contributed by atoms with Gasteiger partial charge in [-0.2, -0.15) is 0 Å². The van der Waals surface area contributed by atoms with Gasteiger partial charge < -0.3 is 9.47 Å². The summed E-state index contributed by atoms with van der Waals surface area (Å²) in [6.07, 6.45) is 0.329. The molecule has 22 heavy (non-hydrogen) atoms. The van der Waals surface area contributed by atoms with E-state index in [0.717, 1.165) is 11.3 Å². The van der Waals surface area contributed by atoms with Crippen molar-refractivity contribution in [2.75, 3.05) is 11.5 Å². The quantitative estimate of drug-likeness (QED) is 0.850. The van der Waals surface area contributed by atoms with Crippen LogP contribution in [0.3, 0.4) is 0 Å². The Bertz CT molecular complexity index is 708. The second kappa shape index (κ2) is 6.40. The largest absolute Gasteiger partial charge is 0.489 e. The number of sulfone groups is 1. The molecule has 0 aliphatic carbocycles. The molecule has 0 aromatic heterocycles. The highest BCUT2D eigenvalue weighted by molar-refractivity contribution is 7.91. The fourth-order valence-corrected chi connectivity index (χ4v) is 3.99. The van der Waals surface area contributed by atoms with Crippen molar-refractivity contribution in [1.82, 2.24) is 0 Å². The van der Waals surface area contributed by atoms with E-state index in [0.29, 0.717) is 18.8 Å².